The number of methoxy groups -OCH3 is 1. The summed E-state index contributed by atoms with van der Waals surface area (Å²) in [5.41, 5.74) is 0.798. The molecular formula is C14H22N2O4S. The average molecular weight is 314 g/mol. The molecule has 0 saturated heterocycles. The first-order valence-electron chi connectivity index (χ1n) is 7.13. The van der Waals surface area contributed by atoms with Crippen LogP contribution in [0, 0.1) is 5.92 Å². The lowest BCUT2D eigenvalue weighted by atomic mass is 9.76. The highest BCUT2D eigenvalue weighted by atomic mass is 32.2. The van der Waals surface area contributed by atoms with E-state index in [-0.39, 0.29) is 23.8 Å². The first kappa shape index (κ1) is 16.2. The zero-order chi connectivity index (χ0) is 15.5. The average Bonchev–Trinajstić information content (AvgIpc) is 2.42. The molecule has 1 atom stereocenters. The molecule has 118 valence electrons. The van der Waals surface area contributed by atoms with Crippen LogP contribution in [0.25, 0.3) is 0 Å². The van der Waals surface area contributed by atoms with Crippen molar-refractivity contribution in [1.82, 2.24) is 9.71 Å². The molecule has 21 heavy (non-hydrogen) atoms. The zero-order valence-electron chi connectivity index (χ0n) is 12.3. The van der Waals surface area contributed by atoms with E-state index in [1.807, 2.05) is 13.0 Å². The van der Waals surface area contributed by atoms with Crippen molar-refractivity contribution in [2.45, 2.75) is 38.3 Å². The molecule has 1 aliphatic rings. The molecule has 1 saturated carbocycles. The maximum atomic E-state index is 12.0. The van der Waals surface area contributed by atoms with Crippen LogP contribution in [0.15, 0.2) is 18.3 Å². The van der Waals surface area contributed by atoms with E-state index < -0.39 is 10.0 Å². The number of aliphatic hydroxyl groups is 1. The molecule has 7 heteroatoms. The van der Waals surface area contributed by atoms with Gasteiger partial charge in [0.15, 0.2) is 0 Å². The Hall–Kier alpha value is -1.18. The molecular weight excluding hydrogens is 292 g/mol. The van der Waals surface area contributed by atoms with Gasteiger partial charge in [0, 0.05) is 12.3 Å². The van der Waals surface area contributed by atoms with Crippen LogP contribution in [0.3, 0.4) is 0 Å². The van der Waals surface area contributed by atoms with Gasteiger partial charge in [0.1, 0.15) is 0 Å². The van der Waals surface area contributed by atoms with E-state index in [4.69, 9.17) is 4.74 Å². The fraction of sp³-hybridized carbons (Fsp3) is 0.643. The number of aromatic nitrogens is 1. The van der Waals surface area contributed by atoms with Gasteiger partial charge in [-0.1, -0.05) is 13.0 Å². The molecule has 0 bridgehead atoms. The van der Waals surface area contributed by atoms with Gasteiger partial charge in [0.05, 0.1) is 25.0 Å². The van der Waals surface area contributed by atoms with Gasteiger partial charge < -0.3 is 9.84 Å². The van der Waals surface area contributed by atoms with E-state index in [0.717, 1.165) is 5.56 Å². The topological polar surface area (TPSA) is 88.5 Å². The van der Waals surface area contributed by atoms with Gasteiger partial charge in [0.2, 0.25) is 15.9 Å². The third-order valence-corrected chi connectivity index (χ3v) is 5.29. The van der Waals surface area contributed by atoms with Crippen LogP contribution in [0.1, 0.15) is 37.8 Å². The number of hydrogen-bond acceptors (Lipinski definition) is 5. The lowest BCUT2D eigenvalue weighted by molar-refractivity contribution is 0.0279. The highest BCUT2D eigenvalue weighted by Gasteiger charge is 2.36. The number of aliphatic hydroxyl groups excluding tert-OH is 1. The summed E-state index contributed by atoms with van der Waals surface area (Å²) in [5.74, 6) is 0.687. The van der Waals surface area contributed by atoms with Crippen LogP contribution >= 0.6 is 0 Å². The van der Waals surface area contributed by atoms with Crippen molar-refractivity contribution in [1.29, 1.82) is 0 Å². The summed E-state index contributed by atoms with van der Waals surface area (Å²) in [7, 11) is -1.79. The normalized spacial score (nSPS) is 23.4. The Morgan fingerprint density at radius 1 is 1.48 bits per heavy atom. The summed E-state index contributed by atoms with van der Waals surface area (Å²) in [6.45, 7) is 1.83. The van der Waals surface area contributed by atoms with Crippen molar-refractivity contribution in [3.8, 4) is 5.88 Å². The van der Waals surface area contributed by atoms with Crippen LogP contribution in [-0.2, 0) is 10.0 Å². The Kier molecular flexibility index (Phi) is 5.18. The van der Waals surface area contributed by atoms with Crippen LogP contribution in [-0.4, -0.2) is 37.5 Å². The molecule has 1 unspecified atom stereocenters. The zero-order valence-corrected chi connectivity index (χ0v) is 13.1. The smallest absolute Gasteiger partial charge is 0.212 e. The first-order valence-corrected chi connectivity index (χ1v) is 8.78. The van der Waals surface area contributed by atoms with Crippen LogP contribution in [0.2, 0.25) is 0 Å². The number of ether oxygens (including phenoxy) is 1. The van der Waals surface area contributed by atoms with E-state index in [9.17, 15) is 13.5 Å². The first-order chi connectivity index (χ1) is 9.95. The molecule has 0 aromatic carbocycles. The van der Waals surface area contributed by atoms with Crippen LogP contribution in [0.4, 0.5) is 0 Å². The van der Waals surface area contributed by atoms with Gasteiger partial charge in [0.25, 0.3) is 0 Å². The molecule has 1 aromatic heterocycles. The van der Waals surface area contributed by atoms with E-state index in [1.165, 1.54) is 7.11 Å². The summed E-state index contributed by atoms with van der Waals surface area (Å²) in [4.78, 5) is 4.13. The van der Waals surface area contributed by atoms with E-state index in [2.05, 4.69) is 9.71 Å². The monoisotopic (exact) mass is 314 g/mol. The number of sulfonamides is 1. The largest absolute Gasteiger partial charge is 0.481 e. The summed E-state index contributed by atoms with van der Waals surface area (Å²) in [6, 6.07) is 3.18. The van der Waals surface area contributed by atoms with Crippen molar-refractivity contribution in [2.24, 2.45) is 5.92 Å². The summed E-state index contributed by atoms with van der Waals surface area (Å²) in [6.07, 6.45) is 3.06. The fourth-order valence-electron chi connectivity index (χ4n) is 2.56. The standard InChI is InChI=1S/C14H22N2O4S/c1-3-6-21(18,19)16-14(11-7-12(17)8-11)10-4-5-13(20-2)15-9-10/h4-5,9,11-12,14,16-17H,3,6-8H2,1-2H3. The molecule has 1 fully saturated rings. The predicted octanol–water partition coefficient (Wildman–Crippen LogP) is 1.23. The molecule has 6 nitrogen and oxygen atoms in total. The third-order valence-electron chi connectivity index (χ3n) is 3.73. The highest BCUT2D eigenvalue weighted by Crippen LogP contribution is 2.38. The molecule has 0 aliphatic heterocycles. The molecule has 2 rings (SSSR count). The molecule has 1 heterocycles. The molecule has 2 N–H and O–H groups in total. The minimum absolute atomic E-state index is 0.0989. The van der Waals surface area contributed by atoms with Crippen molar-refractivity contribution < 1.29 is 18.3 Å². The number of nitrogens with zero attached hydrogens (tertiary/aromatic N) is 1. The lowest BCUT2D eigenvalue weighted by Gasteiger charge is -2.38. The Balaban J connectivity index is 2.19. The Labute approximate surface area is 125 Å². The Morgan fingerprint density at radius 3 is 2.67 bits per heavy atom. The second kappa shape index (κ2) is 6.72. The number of pyridine rings is 1. The second-order valence-corrected chi connectivity index (χ2v) is 7.31. The van der Waals surface area contributed by atoms with E-state index in [1.54, 1.807) is 12.3 Å². The predicted molar refractivity (Wildman–Crippen MR) is 79.5 cm³/mol. The maximum absolute atomic E-state index is 12.0. The summed E-state index contributed by atoms with van der Waals surface area (Å²) < 4.78 is 31.9. The van der Waals surface area contributed by atoms with Gasteiger partial charge in [-0.2, -0.15) is 0 Å². The van der Waals surface area contributed by atoms with Crippen molar-refractivity contribution in [3.05, 3.63) is 23.9 Å². The molecule has 0 amide bonds. The molecule has 0 radical (unpaired) electrons. The minimum atomic E-state index is -3.32. The van der Waals surface area contributed by atoms with E-state index in [0.29, 0.717) is 25.1 Å². The van der Waals surface area contributed by atoms with Crippen LogP contribution < -0.4 is 9.46 Å². The quantitative estimate of drug-likeness (QED) is 0.790. The van der Waals surface area contributed by atoms with E-state index >= 15 is 0 Å². The van der Waals surface area contributed by atoms with Crippen molar-refractivity contribution in [3.63, 3.8) is 0 Å². The van der Waals surface area contributed by atoms with Crippen molar-refractivity contribution in [2.75, 3.05) is 12.9 Å². The Morgan fingerprint density at radius 2 is 2.19 bits per heavy atom. The number of hydrogen-bond donors (Lipinski definition) is 2. The van der Waals surface area contributed by atoms with Gasteiger partial charge in [-0.15, -0.1) is 0 Å². The van der Waals surface area contributed by atoms with Crippen LogP contribution in [0.5, 0.6) is 5.88 Å². The van der Waals surface area contributed by atoms with Gasteiger partial charge >= 0.3 is 0 Å². The Bertz CT molecular complexity index is 553. The van der Waals surface area contributed by atoms with Gasteiger partial charge in [-0.3, -0.25) is 0 Å². The SMILES string of the molecule is CCCS(=O)(=O)NC(c1ccc(OC)nc1)C1CC(O)C1. The molecule has 1 aliphatic carbocycles. The lowest BCUT2D eigenvalue weighted by Crippen LogP contribution is -2.42. The number of rotatable bonds is 7. The second-order valence-electron chi connectivity index (χ2n) is 5.43. The minimum Gasteiger partial charge on any atom is -0.481 e. The third kappa shape index (κ3) is 4.15. The summed E-state index contributed by atoms with van der Waals surface area (Å²) >= 11 is 0. The maximum Gasteiger partial charge on any atom is 0.212 e. The molecule has 1 aromatic rings. The van der Waals surface area contributed by atoms with Gasteiger partial charge in [-0.05, 0) is 30.7 Å². The summed E-state index contributed by atoms with van der Waals surface area (Å²) in [5, 5.41) is 9.49. The highest BCUT2D eigenvalue weighted by molar-refractivity contribution is 7.89. The van der Waals surface area contributed by atoms with Crippen molar-refractivity contribution >= 4 is 10.0 Å². The molecule has 0 spiro atoms. The number of nitrogens with one attached hydrogen (secondary N) is 1. The van der Waals surface area contributed by atoms with Gasteiger partial charge in [-0.25, -0.2) is 18.1 Å². The fourth-order valence-corrected chi connectivity index (χ4v) is 3.93.